The SMILES string of the molecule is CCc1nc(-c2cncnc2C2CCN(C(=O)CN3CCCCCC3=O)C2)no1. The largest absolute Gasteiger partial charge is 0.340 e. The van der Waals surface area contributed by atoms with Gasteiger partial charge in [-0.15, -0.1) is 0 Å². The first-order chi connectivity index (χ1) is 14.2. The molecule has 2 aliphatic heterocycles. The molecule has 2 saturated heterocycles. The van der Waals surface area contributed by atoms with E-state index in [0.29, 0.717) is 44.2 Å². The monoisotopic (exact) mass is 398 g/mol. The Kier molecular flexibility index (Phi) is 5.82. The van der Waals surface area contributed by atoms with Gasteiger partial charge >= 0.3 is 0 Å². The summed E-state index contributed by atoms with van der Waals surface area (Å²) in [6.45, 7) is 4.03. The zero-order valence-electron chi connectivity index (χ0n) is 16.7. The third-order valence-electron chi connectivity index (χ3n) is 5.68. The maximum atomic E-state index is 12.8. The number of carbonyl (C=O) groups excluding carboxylic acids is 2. The molecule has 4 heterocycles. The van der Waals surface area contributed by atoms with Crippen LogP contribution in [0.3, 0.4) is 0 Å². The third kappa shape index (κ3) is 4.28. The molecule has 1 atom stereocenters. The average Bonchev–Trinajstić information content (AvgIpc) is 3.38. The molecule has 2 amide bonds. The zero-order valence-corrected chi connectivity index (χ0v) is 16.7. The second kappa shape index (κ2) is 8.67. The number of nitrogens with zero attached hydrogens (tertiary/aromatic N) is 6. The molecule has 0 aliphatic carbocycles. The Labute approximate surface area is 169 Å². The first kappa shape index (κ1) is 19.5. The lowest BCUT2D eigenvalue weighted by Gasteiger charge is -2.24. The van der Waals surface area contributed by atoms with Gasteiger partial charge in [0.1, 0.15) is 6.33 Å². The number of aryl methyl sites for hydroxylation is 1. The number of rotatable bonds is 5. The van der Waals surface area contributed by atoms with Crippen LogP contribution in [0.5, 0.6) is 0 Å². The second-order valence-electron chi connectivity index (χ2n) is 7.64. The fraction of sp³-hybridized carbons (Fsp3) is 0.600. The summed E-state index contributed by atoms with van der Waals surface area (Å²) in [5, 5.41) is 4.05. The number of hydrogen-bond donors (Lipinski definition) is 0. The summed E-state index contributed by atoms with van der Waals surface area (Å²) in [6.07, 6.45) is 8.17. The van der Waals surface area contributed by atoms with Crippen LogP contribution >= 0.6 is 0 Å². The summed E-state index contributed by atoms with van der Waals surface area (Å²) >= 11 is 0. The fourth-order valence-electron chi connectivity index (χ4n) is 4.02. The molecule has 9 nitrogen and oxygen atoms in total. The van der Waals surface area contributed by atoms with Crippen LogP contribution in [0.25, 0.3) is 11.4 Å². The molecule has 0 radical (unpaired) electrons. The van der Waals surface area contributed by atoms with E-state index in [2.05, 4.69) is 20.1 Å². The summed E-state index contributed by atoms with van der Waals surface area (Å²) in [6, 6.07) is 0. The van der Waals surface area contributed by atoms with Gasteiger partial charge in [-0.05, 0) is 19.3 Å². The van der Waals surface area contributed by atoms with Crippen molar-refractivity contribution in [2.45, 2.75) is 51.4 Å². The lowest BCUT2D eigenvalue weighted by molar-refractivity contribution is -0.139. The van der Waals surface area contributed by atoms with Crippen LogP contribution in [-0.2, 0) is 16.0 Å². The van der Waals surface area contributed by atoms with E-state index >= 15 is 0 Å². The van der Waals surface area contributed by atoms with Gasteiger partial charge in [-0.2, -0.15) is 4.98 Å². The molecule has 9 heteroatoms. The van der Waals surface area contributed by atoms with Gasteiger partial charge in [0.25, 0.3) is 0 Å². The highest BCUT2D eigenvalue weighted by molar-refractivity contribution is 5.85. The third-order valence-corrected chi connectivity index (χ3v) is 5.68. The summed E-state index contributed by atoms with van der Waals surface area (Å²) in [5.41, 5.74) is 1.59. The molecular formula is C20H26N6O3. The lowest BCUT2D eigenvalue weighted by atomic mass is 10.00. The van der Waals surface area contributed by atoms with Crippen molar-refractivity contribution < 1.29 is 14.1 Å². The number of amides is 2. The Morgan fingerprint density at radius 1 is 1.28 bits per heavy atom. The Hall–Kier alpha value is -2.84. The average molecular weight is 398 g/mol. The molecule has 2 fully saturated rings. The van der Waals surface area contributed by atoms with Gasteiger partial charge < -0.3 is 14.3 Å². The van der Waals surface area contributed by atoms with Gasteiger partial charge in [-0.1, -0.05) is 18.5 Å². The minimum absolute atomic E-state index is 0.00573. The minimum Gasteiger partial charge on any atom is -0.340 e. The number of aromatic nitrogens is 4. The van der Waals surface area contributed by atoms with Crippen LogP contribution < -0.4 is 0 Å². The van der Waals surface area contributed by atoms with Crippen LogP contribution in [0, 0.1) is 0 Å². The Bertz CT molecular complexity index is 883. The van der Waals surface area contributed by atoms with Gasteiger partial charge in [0.05, 0.1) is 17.8 Å². The van der Waals surface area contributed by atoms with Crippen LogP contribution in [-0.4, -0.2) is 67.9 Å². The maximum Gasteiger partial charge on any atom is 0.242 e. The topological polar surface area (TPSA) is 105 Å². The lowest BCUT2D eigenvalue weighted by Crippen LogP contribution is -2.41. The van der Waals surface area contributed by atoms with Gasteiger partial charge in [-0.3, -0.25) is 9.59 Å². The first-order valence-corrected chi connectivity index (χ1v) is 10.3. The summed E-state index contributed by atoms with van der Waals surface area (Å²) in [7, 11) is 0. The van der Waals surface area contributed by atoms with Crippen molar-refractivity contribution in [1.29, 1.82) is 0 Å². The Morgan fingerprint density at radius 2 is 2.17 bits per heavy atom. The van der Waals surface area contributed by atoms with Crippen molar-refractivity contribution in [3.63, 3.8) is 0 Å². The predicted octanol–water partition coefficient (Wildman–Crippen LogP) is 1.81. The molecule has 2 aromatic heterocycles. The van der Waals surface area contributed by atoms with E-state index in [-0.39, 0.29) is 24.3 Å². The van der Waals surface area contributed by atoms with Crippen molar-refractivity contribution >= 4 is 11.8 Å². The molecule has 2 aromatic rings. The van der Waals surface area contributed by atoms with Gasteiger partial charge in [-0.25, -0.2) is 9.97 Å². The van der Waals surface area contributed by atoms with Crippen molar-refractivity contribution in [2.24, 2.45) is 0 Å². The highest BCUT2D eigenvalue weighted by Crippen LogP contribution is 2.32. The van der Waals surface area contributed by atoms with Gasteiger partial charge in [0, 0.05) is 44.6 Å². The van der Waals surface area contributed by atoms with Crippen molar-refractivity contribution in [3.05, 3.63) is 24.1 Å². The van der Waals surface area contributed by atoms with E-state index in [4.69, 9.17) is 4.52 Å². The molecule has 2 aliphatic rings. The first-order valence-electron chi connectivity index (χ1n) is 10.3. The number of likely N-dealkylation sites (tertiary alicyclic amines) is 2. The minimum atomic E-state index is 0.00573. The number of carbonyl (C=O) groups is 2. The predicted molar refractivity (Wildman–Crippen MR) is 104 cm³/mol. The van der Waals surface area contributed by atoms with Crippen LogP contribution in [0.2, 0.25) is 0 Å². The van der Waals surface area contributed by atoms with Crippen molar-refractivity contribution in [2.75, 3.05) is 26.2 Å². The van der Waals surface area contributed by atoms with E-state index in [1.54, 1.807) is 11.1 Å². The molecule has 0 N–H and O–H groups in total. The smallest absolute Gasteiger partial charge is 0.242 e. The van der Waals surface area contributed by atoms with Crippen LogP contribution in [0.15, 0.2) is 17.0 Å². The molecular weight excluding hydrogens is 372 g/mol. The van der Waals surface area contributed by atoms with E-state index < -0.39 is 0 Å². The molecule has 0 aromatic carbocycles. The van der Waals surface area contributed by atoms with Crippen molar-refractivity contribution in [3.8, 4) is 11.4 Å². The van der Waals surface area contributed by atoms with Gasteiger partial charge in [0.15, 0.2) is 0 Å². The molecule has 154 valence electrons. The van der Waals surface area contributed by atoms with Crippen molar-refractivity contribution in [1.82, 2.24) is 29.9 Å². The highest BCUT2D eigenvalue weighted by atomic mass is 16.5. The molecule has 0 saturated carbocycles. The zero-order chi connectivity index (χ0) is 20.2. The van der Waals surface area contributed by atoms with Crippen LogP contribution in [0.1, 0.15) is 56.5 Å². The summed E-state index contributed by atoms with van der Waals surface area (Å²) in [5.74, 6) is 1.23. The van der Waals surface area contributed by atoms with E-state index in [9.17, 15) is 9.59 Å². The molecule has 0 spiro atoms. The Balaban J connectivity index is 1.45. The van der Waals surface area contributed by atoms with Crippen LogP contribution in [0.4, 0.5) is 0 Å². The molecule has 1 unspecified atom stereocenters. The van der Waals surface area contributed by atoms with E-state index in [1.165, 1.54) is 6.33 Å². The normalized spacial score (nSPS) is 20.2. The second-order valence-corrected chi connectivity index (χ2v) is 7.64. The Morgan fingerprint density at radius 3 is 3.00 bits per heavy atom. The maximum absolute atomic E-state index is 12.8. The molecule has 29 heavy (non-hydrogen) atoms. The fourth-order valence-corrected chi connectivity index (χ4v) is 4.02. The highest BCUT2D eigenvalue weighted by Gasteiger charge is 2.32. The quantitative estimate of drug-likeness (QED) is 0.756. The summed E-state index contributed by atoms with van der Waals surface area (Å²) in [4.78, 5) is 41.5. The summed E-state index contributed by atoms with van der Waals surface area (Å²) < 4.78 is 5.23. The molecule has 0 bridgehead atoms. The van der Waals surface area contributed by atoms with Gasteiger partial charge in [0.2, 0.25) is 23.5 Å². The van der Waals surface area contributed by atoms with E-state index in [1.807, 2.05) is 11.8 Å². The molecule has 4 rings (SSSR count). The number of hydrogen-bond acceptors (Lipinski definition) is 7. The standard InChI is InChI=1S/C20H26N6O3/c1-2-16-23-20(24-29-16)15-10-21-13-22-19(15)14-7-9-26(11-14)18(28)12-25-8-5-3-4-6-17(25)27/h10,13-14H,2-9,11-12H2,1H3. The van der Waals surface area contributed by atoms with E-state index in [0.717, 1.165) is 36.9 Å².